The van der Waals surface area contributed by atoms with Gasteiger partial charge in [0.15, 0.2) is 0 Å². The molecule has 2 N–H and O–H groups in total. The van der Waals surface area contributed by atoms with Gasteiger partial charge in [-0.15, -0.1) is 0 Å². The Morgan fingerprint density at radius 1 is 1.29 bits per heavy atom. The Bertz CT molecular complexity index is 276. The predicted molar refractivity (Wildman–Crippen MR) is 54.9 cm³/mol. The standard InChI is InChI=1S/C11H15N2O/c14-11-8-12-7-10(11)13-6-9-4-2-1-3-5-9/h1-5,10-11,13-14H,6-8H2/t10-,11+/m1/s1. The van der Waals surface area contributed by atoms with Crippen molar-refractivity contribution in [3.05, 3.63) is 35.9 Å². The second kappa shape index (κ2) is 4.55. The molecule has 1 aliphatic rings. The molecule has 2 rings (SSSR count). The Hall–Kier alpha value is -0.900. The van der Waals surface area contributed by atoms with E-state index in [9.17, 15) is 5.11 Å². The molecule has 0 bridgehead atoms. The highest BCUT2D eigenvalue weighted by atomic mass is 16.3. The normalized spacial score (nSPS) is 26.6. The van der Waals surface area contributed by atoms with E-state index in [1.54, 1.807) is 0 Å². The highest BCUT2D eigenvalue weighted by molar-refractivity contribution is 5.14. The molecule has 1 heterocycles. The minimum absolute atomic E-state index is 0.134. The van der Waals surface area contributed by atoms with Crippen molar-refractivity contribution in [1.82, 2.24) is 10.6 Å². The number of aliphatic hydroxyl groups excluding tert-OH is 1. The van der Waals surface area contributed by atoms with Crippen LogP contribution in [-0.2, 0) is 6.54 Å². The molecule has 1 saturated heterocycles. The largest absolute Gasteiger partial charge is 0.390 e. The van der Waals surface area contributed by atoms with E-state index >= 15 is 0 Å². The van der Waals surface area contributed by atoms with Crippen molar-refractivity contribution in [2.45, 2.75) is 18.7 Å². The predicted octanol–water partition coefficient (Wildman–Crippen LogP) is 0.124. The number of rotatable bonds is 3. The molecule has 0 spiro atoms. The highest BCUT2D eigenvalue weighted by Crippen LogP contribution is 2.03. The third kappa shape index (κ3) is 2.32. The minimum Gasteiger partial charge on any atom is -0.390 e. The fourth-order valence-electron chi connectivity index (χ4n) is 1.64. The van der Waals surface area contributed by atoms with E-state index < -0.39 is 0 Å². The quantitative estimate of drug-likeness (QED) is 0.713. The molecular formula is C11H15N2O. The smallest absolute Gasteiger partial charge is 0.0847 e. The highest BCUT2D eigenvalue weighted by Gasteiger charge is 2.24. The second-order valence-corrected chi connectivity index (χ2v) is 3.63. The molecule has 0 aromatic heterocycles. The first-order chi connectivity index (χ1) is 6.86. The van der Waals surface area contributed by atoms with Crippen molar-refractivity contribution in [3.63, 3.8) is 0 Å². The van der Waals surface area contributed by atoms with E-state index in [1.165, 1.54) is 5.56 Å². The fourth-order valence-corrected chi connectivity index (χ4v) is 1.64. The summed E-state index contributed by atoms with van der Waals surface area (Å²) in [4.78, 5) is 0. The lowest BCUT2D eigenvalue weighted by molar-refractivity contribution is 0.162. The summed E-state index contributed by atoms with van der Waals surface area (Å²) in [7, 11) is 0. The molecule has 0 amide bonds. The zero-order valence-corrected chi connectivity index (χ0v) is 8.06. The Morgan fingerprint density at radius 2 is 2.07 bits per heavy atom. The monoisotopic (exact) mass is 191 g/mol. The van der Waals surface area contributed by atoms with Gasteiger partial charge in [-0.2, -0.15) is 0 Å². The summed E-state index contributed by atoms with van der Waals surface area (Å²) in [5, 5.41) is 17.0. The molecule has 1 aromatic rings. The minimum atomic E-state index is -0.307. The first kappa shape index (κ1) is 9.65. The molecule has 3 nitrogen and oxygen atoms in total. The summed E-state index contributed by atoms with van der Waals surface area (Å²) in [6.45, 7) is 2.11. The van der Waals surface area contributed by atoms with E-state index in [0.717, 1.165) is 13.1 Å². The van der Waals surface area contributed by atoms with Crippen molar-refractivity contribution < 1.29 is 5.11 Å². The van der Waals surface area contributed by atoms with Crippen LogP contribution in [0.4, 0.5) is 0 Å². The first-order valence-corrected chi connectivity index (χ1v) is 4.95. The summed E-state index contributed by atoms with van der Waals surface area (Å²) in [5.74, 6) is 0. The van der Waals surface area contributed by atoms with Crippen LogP contribution in [0, 0.1) is 0 Å². The molecular weight excluding hydrogens is 176 g/mol. The van der Waals surface area contributed by atoms with Crippen molar-refractivity contribution >= 4 is 0 Å². The number of benzene rings is 1. The molecule has 3 heteroatoms. The first-order valence-electron chi connectivity index (χ1n) is 4.95. The third-order valence-corrected chi connectivity index (χ3v) is 2.52. The number of nitrogens with zero attached hydrogens (tertiary/aromatic N) is 1. The Labute approximate surface area is 84.1 Å². The Balaban J connectivity index is 1.82. The van der Waals surface area contributed by atoms with Crippen LogP contribution in [0.25, 0.3) is 0 Å². The average molecular weight is 191 g/mol. The third-order valence-electron chi connectivity index (χ3n) is 2.52. The Morgan fingerprint density at radius 3 is 2.71 bits per heavy atom. The van der Waals surface area contributed by atoms with Crippen molar-refractivity contribution in [2.75, 3.05) is 13.1 Å². The summed E-state index contributed by atoms with van der Waals surface area (Å²) in [6, 6.07) is 10.3. The van der Waals surface area contributed by atoms with Gasteiger partial charge in [-0.25, -0.2) is 5.32 Å². The number of hydrogen-bond acceptors (Lipinski definition) is 2. The van der Waals surface area contributed by atoms with Gasteiger partial charge < -0.3 is 10.4 Å². The van der Waals surface area contributed by atoms with Gasteiger partial charge in [-0.05, 0) is 5.56 Å². The molecule has 1 aliphatic heterocycles. The summed E-state index contributed by atoms with van der Waals surface area (Å²) >= 11 is 0. The summed E-state index contributed by atoms with van der Waals surface area (Å²) in [6.07, 6.45) is -0.307. The molecule has 0 saturated carbocycles. The summed E-state index contributed by atoms with van der Waals surface area (Å²) < 4.78 is 0. The second-order valence-electron chi connectivity index (χ2n) is 3.63. The van der Waals surface area contributed by atoms with Crippen LogP contribution in [0.5, 0.6) is 0 Å². The maximum absolute atomic E-state index is 9.51. The molecule has 0 aliphatic carbocycles. The van der Waals surface area contributed by atoms with Crippen LogP contribution in [0.3, 0.4) is 0 Å². The van der Waals surface area contributed by atoms with E-state index in [2.05, 4.69) is 22.8 Å². The molecule has 1 aromatic carbocycles. The van der Waals surface area contributed by atoms with Gasteiger partial charge in [0.1, 0.15) is 0 Å². The van der Waals surface area contributed by atoms with Crippen LogP contribution in [0.15, 0.2) is 30.3 Å². The number of nitrogens with one attached hydrogen (secondary N) is 1. The maximum atomic E-state index is 9.51. The SMILES string of the molecule is O[C@H]1C[N]C[C@H]1NCc1ccccc1. The van der Waals surface area contributed by atoms with Crippen molar-refractivity contribution in [2.24, 2.45) is 0 Å². The van der Waals surface area contributed by atoms with Crippen LogP contribution in [0.1, 0.15) is 5.56 Å². The molecule has 0 unspecified atom stereocenters. The lowest BCUT2D eigenvalue weighted by Crippen LogP contribution is -2.38. The Kier molecular flexibility index (Phi) is 3.14. The van der Waals surface area contributed by atoms with Gasteiger partial charge in [0.05, 0.1) is 6.10 Å². The molecule has 1 fully saturated rings. The molecule has 2 atom stereocenters. The zero-order chi connectivity index (χ0) is 9.80. The number of hydrogen-bond donors (Lipinski definition) is 2. The van der Waals surface area contributed by atoms with Gasteiger partial charge in [0, 0.05) is 25.7 Å². The van der Waals surface area contributed by atoms with Gasteiger partial charge in [-0.1, -0.05) is 30.3 Å². The van der Waals surface area contributed by atoms with Crippen LogP contribution in [0.2, 0.25) is 0 Å². The van der Waals surface area contributed by atoms with E-state index in [0.29, 0.717) is 6.54 Å². The van der Waals surface area contributed by atoms with Crippen LogP contribution < -0.4 is 10.6 Å². The average Bonchev–Trinajstić information content (AvgIpc) is 2.63. The van der Waals surface area contributed by atoms with Crippen molar-refractivity contribution in [1.29, 1.82) is 0 Å². The van der Waals surface area contributed by atoms with Crippen LogP contribution in [-0.4, -0.2) is 30.3 Å². The van der Waals surface area contributed by atoms with Gasteiger partial charge >= 0.3 is 0 Å². The van der Waals surface area contributed by atoms with Gasteiger partial charge in [-0.3, -0.25) is 0 Å². The lowest BCUT2D eigenvalue weighted by Gasteiger charge is -2.14. The molecule has 14 heavy (non-hydrogen) atoms. The molecule has 75 valence electrons. The van der Waals surface area contributed by atoms with Gasteiger partial charge in [0.25, 0.3) is 0 Å². The lowest BCUT2D eigenvalue weighted by atomic mass is 10.2. The van der Waals surface area contributed by atoms with E-state index in [4.69, 9.17) is 0 Å². The molecule has 1 radical (unpaired) electrons. The topological polar surface area (TPSA) is 46.4 Å². The zero-order valence-electron chi connectivity index (χ0n) is 8.06. The van der Waals surface area contributed by atoms with E-state index in [1.807, 2.05) is 18.2 Å². The fraction of sp³-hybridized carbons (Fsp3) is 0.455. The maximum Gasteiger partial charge on any atom is 0.0847 e. The summed E-state index contributed by atoms with van der Waals surface area (Å²) in [5.41, 5.74) is 1.24. The number of aliphatic hydroxyl groups is 1. The van der Waals surface area contributed by atoms with Crippen molar-refractivity contribution in [3.8, 4) is 0 Å². The van der Waals surface area contributed by atoms with E-state index in [-0.39, 0.29) is 12.1 Å². The van der Waals surface area contributed by atoms with Crippen LogP contribution >= 0.6 is 0 Å². The van der Waals surface area contributed by atoms with Gasteiger partial charge in [0.2, 0.25) is 0 Å².